The van der Waals surface area contributed by atoms with E-state index in [1.165, 1.54) is 0 Å². The molecule has 5 nitrogen and oxygen atoms in total. The maximum absolute atomic E-state index is 12.7. The van der Waals surface area contributed by atoms with Crippen LogP contribution in [0.2, 0.25) is 5.02 Å². The van der Waals surface area contributed by atoms with E-state index in [9.17, 15) is 9.59 Å². The number of likely N-dealkylation sites (tertiary alicyclic amines) is 1. The molecule has 126 valence electrons. The number of carbonyl (C=O) groups is 2. The van der Waals surface area contributed by atoms with Gasteiger partial charge in [-0.05, 0) is 56.9 Å². The number of benzene rings is 1. The molecule has 6 heteroatoms. The molecule has 1 aromatic carbocycles. The Morgan fingerprint density at radius 3 is 2.35 bits per heavy atom. The molecule has 1 aliphatic heterocycles. The molecule has 0 saturated carbocycles. The van der Waals surface area contributed by atoms with Gasteiger partial charge < -0.3 is 14.7 Å². The van der Waals surface area contributed by atoms with Crippen LogP contribution in [-0.4, -0.2) is 40.6 Å². The molecular weight excluding hydrogens is 318 g/mol. The number of nitrogens with zero attached hydrogens (tertiary/aromatic N) is 1. The maximum atomic E-state index is 12.7. The number of ether oxygens (including phenoxy) is 1. The van der Waals surface area contributed by atoms with E-state index in [4.69, 9.17) is 21.4 Å². The third-order valence-electron chi connectivity index (χ3n) is 4.07. The molecule has 23 heavy (non-hydrogen) atoms. The lowest BCUT2D eigenvalue weighted by molar-refractivity contribution is -0.147. The van der Waals surface area contributed by atoms with Gasteiger partial charge in [0.2, 0.25) is 0 Å². The molecule has 0 aromatic heterocycles. The summed E-state index contributed by atoms with van der Waals surface area (Å²) in [6, 6.07) is 6.90. The summed E-state index contributed by atoms with van der Waals surface area (Å²) in [4.78, 5) is 25.2. The Hall–Kier alpha value is -1.75. The van der Waals surface area contributed by atoms with Crippen LogP contribution in [0.5, 0.6) is 5.75 Å². The number of carboxylic acids is 1. The summed E-state index contributed by atoms with van der Waals surface area (Å²) in [6.45, 7) is 4.63. The number of hydrogen-bond donors (Lipinski definition) is 1. The van der Waals surface area contributed by atoms with Crippen molar-refractivity contribution in [3.63, 3.8) is 0 Å². The minimum atomic E-state index is -0.979. The Labute approximate surface area is 141 Å². The summed E-state index contributed by atoms with van der Waals surface area (Å²) in [5, 5.41) is 9.46. The summed E-state index contributed by atoms with van der Waals surface area (Å²) < 4.78 is 5.82. The number of carboxylic acid groups (broad SMARTS) is 1. The minimum absolute atomic E-state index is 0.0822. The lowest BCUT2D eigenvalue weighted by Crippen LogP contribution is -2.51. The van der Waals surface area contributed by atoms with Crippen molar-refractivity contribution in [2.24, 2.45) is 5.92 Å². The first kappa shape index (κ1) is 17.6. The van der Waals surface area contributed by atoms with Crippen LogP contribution in [0.1, 0.15) is 33.1 Å². The molecule has 0 radical (unpaired) electrons. The molecular formula is C17H22ClNO4. The topological polar surface area (TPSA) is 66.8 Å². The summed E-state index contributed by atoms with van der Waals surface area (Å²) in [5.41, 5.74) is -0.979. The smallest absolute Gasteiger partial charge is 0.303 e. The molecule has 1 N–H and O–H groups in total. The van der Waals surface area contributed by atoms with E-state index in [0.717, 1.165) is 12.8 Å². The normalized spacial score (nSPS) is 16.2. The molecule has 1 aliphatic rings. The fraction of sp³-hybridized carbons (Fsp3) is 0.529. The summed E-state index contributed by atoms with van der Waals surface area (Å²) >= 11 is 5.84. The Balaban J connectivity index is 1.93. The second-order valence-corrected chi connectivity index (χ2v) is 6.84. The summed E-state index contributed by atoms with van der Waals surface area (Å²) in [7, 11) is 0. The first-order chi connectivity index (χ1) is 10.8. The van der Waals surface area contributed by atoms with Gasteiger partial charge in [-0.2, -0.15) is 0 Å². The van der Waals surface area contributed by atoms with Gasteiger partial charge in [-0.1, -0.05) is 11.6 Å². The van der Waals surface area contributed by atoms with Gasteiger partial charge in [-0.25, -0.2) is 0 Å². The fourth-order valence-electron chi connectivity index (χ4n) is 2.81. The number of amides is 1. The zero-order valence-electron chi connectivity index (χ0n) is 13.4. The Morgan fingerprint density at radius 1 is 1.26 bits per heavy atom. The summed E-state index contributed by atoms with van der Waals surface area (Å²) in [6.07, 6.45) is 1.61. The molecule has 0 atom stereocenters. The van der Waals surface area contributed by atoms with Gasteiger partial charge in [-0.15, -0.1) is 0 Å². The van der Waals surface area contributed by atoms with Gasteiger partial charge >= 0.3 is 5.97 Å². The van der Waals surface area contributed by atoms with Crippen LogP contribution in [-0.2, 0) is 9.59 Å². The van der Waals surface area contributed by atoms with Gasteiger partial charge in [-0.3, -0.25) is 9.59 Å². The highest BCUT2D eigenvalue weighted by Gasteiger charge is 2.36. The molecule has 0 aliphatic carbocycles. The van der Waals surface area contributed by atoms with Crippen LogP contribution >= 0.6 is 11.6 Å². The van der Waals surface area contributed by atoms with Crippen LogP contribution < -0.4 is 4.74 Å². The average molecular weight is 340 g/mol. The van der Waals surface area contributed by atoms with Gasteiger partial charge in [0.1, 0.15) is 5.75 Å². The number of piperidine rings is 1. The van der Waals surface area contributed by atoms with Crippen molar-refractivity contribution in [1.29, 1.82) is 0 Å². The second-order valence-electron chi connectivity index (χ2n) is 6.40. The molecule has 1 fully saturated rings. The average Bonchev–Trinajstić information content (AvgIpc) is 2.49. The quantitative estimate of drug-likeness (QED) is 0.894. The zero-order chi connectivity index (χ0) is 17.0. The van der Waals surface area contributed by atoms with Crippen LogP contribution in [0.25, 0.3) is 0 Å². The van der Waals surface area contributed by atoms with Crippen molar-refractivity contribution in [1.82, 2.24) is 4.90 Å². The number of carbonyl (C=O) groups excluding carboxylic acids is 1. The van der Waals surface area contributed by atoms with Crippen LogP contribution in [0.3, 0.4) is 0 Å². The van der Waals surface area contributed by atoms with Gasteiger partial charge in [0.15, 0.2) is 5.60 Å². The van der Waals surface area contributed by atoms with E-state index < -0.39 is 11.6 Å². The maximum Gasteiger partial charge on any atom is 0.303 e. The van der Waals surface area contributed by atoms with Gasteiger partial charge in [0.05, 0.1) is 0 Å². The van der Waals surface area contributed by atoms with E-state index in [-0.39, 0.29) is 18.2 Å². The highest BCUT2D eigenvalue weighted by atomic mass is 35.5. The first-order valence-corrected chi connectivity index (χ1v) is 8.11. The SMILES string of the molecule is CC(C)(Oc1ccc(Cl)cc1)C(=O)N1CCC(CC(=O)O)CC1. The molecule has 1 heterocycles. The third-order valence-corrected chi connectivity index (χ3v) is 4.32. The fourth-order valence-corrected chi connectivity index (χ4v) is 2.93. The lowest BCUT2D eigenvalue weighted by Gasteiger charge is -2.36. The molecule has 1 amide bonds. The minimum Gasteiger partial charge on any atom is -0.481 e. The summed E-state index contributed by atoms with van der Waals surface area (Å²) in [5.74, 6) is -0.118. The zero-order valence-corrected chi connectivity index (χ0v) is 14.2. The first-order valence-electron chi connectivity index (χ1n) is 7.73. The van der Waals surface area contributed by atoms with Crippen molar-refractivity contribution in [3.05, 3.63) is 29.3 Å². The van der Waals surface area contributed by atoms with Crippen molar-refractivity contribution in [3.8, 4) is 5.75 Å². The predicted molar refractivity (Wildman–Crippen MR) is 87.7 cm³/mol. The highest BCUT2D eigenvalue weighted by Crippen LogP contribution is 2.26. The molecule has 2 rings (SSSR count). The van der Waals surface area contributed by atoms with Crippen molar-refractivity contribution < 1.29 is 19.4 Å². The Kier molecular flexibility index (Phi) is 5.52. The van der Waals surface area contributed by atoms with Gasteiger partial charge in [0, 0.05) is 24.5 Å². The number of aliphatic carboxylic acids is 1. The highest BCUT2D eigenvalue weighted by molar-refractivity contribution is 6.30. The molecule has 1 aromatic rings. The Bertz CT molecular complexity index is 562. The monoisotopic (exact) mass is 339 g/mol. The number of hydrogen-bond acceptors (Lipinski definition) is 3. The van der Waals surface area contributed by atoms with E-state index >= 15 is 0 Å². The third kappa shape index (κ3) is 4.86. The molecule has 0 bridgehead atoms. The van der Waals surface area contributed by atoms with E-state index in [0.29, 0.717) is 23.9 Å². The van der Waals surface area contributed by atoms with E-state index in [1.54, 1.807) is 43.0 Å². The second kappa shape index (κ2) is 7.21. The predicted octanol–water partition coefficient (Wildman–Crippen LogP) is 3.21. The van der Waals surface area contributed by atoms with Crippen molar-refractivity contribution in [2.45, 2.75) is 38.7 Å². The molecule has 0 unspecified atom stereocenters. The van der Waals surface area contributed by atoms with E-state index in [2.05, 4.69) is 0 Å². The lowest BCUT2D eigenvalue weighted by atomic mass is 9.92. The van der Waals surface area contributed by atoms with Crippen LogP contribution in [0, 0.1) is 5.92 Å². The molecule has 1 saturated heterocycles. The van der Waals surface area contributed by atoms with E-state index in [1.807, 2.05) is 0 Å². The molecule has 0 spiro atoms. The number of halogens is 1. The van der Waals surface area contributed by atoms with Crippen molar-refractivity contribution >= 4 is 23.5 Å². The van der Waals surface area contributed by atoms with Gasteiger partial charge in [0.25, 0.3) is 5.91 Å². The largest absolute Gasteiger partial charge is 0.481 e. The van der Waals surface area contributed by atoms with Crippen LogP contribution in [0.15, 0.2) is 24.3 Å². The van der Waals surface area contributed by atoms with Crippen LogP contribution in [0.4, 0.5) is 0 Å². The number of rotatable bonds is 5. The Morgan fingerprint density at radius 2 is 1.83 bits per heavy atom. The van der Waals surface area contributed by atoms with Crippen molar-refractivity contribution in [2.75, 3.05) is 13.1 Å². The standard InChI is InChI=1S/C17H22ClNO4/c1-17(2,23-14-5-3-13(18)4-6-14)16(22)19-9-7-12(8-10-19)11-15(20)21/h3-6,12H,7-11H2,1-2H3,(H,20,21).